The number of hydrogen-bond acceptors (Lipinski definition) is 2. The van der Waals surface area contributed by atoms with Crippen molar-refractivity contribution in [2.24, 2.45) is 0 Å². The van der Waals surface area contributed by atoms with E-state index in [2.05, 4.69) is 71.4 Å². The third-order valence-corrected chi connectivity index (χ3v) is 5.30. The Hall–Kier alpha value is -1.90. The van der Waals surface area contributed by atoms with Gasteiger partial charge in [-0.05, 0) is 44.8 Å². The smallest absolute Gasteiger partial charge is 0.0348 e. The van der Waals surface area contributed by atoms with E-state index >= 15 is 0 Å². The first-order valence-corrected chi connectivity index (χ1v) is 8.29. The van der Waals surface area contributed by atoms with Gasteiger partial charge in [-0.25, -0.2) is 0 Å². The first-order chi connectivity index (χ1) is 9.93. The minimum absolute atomic E-state index is 1.33. The van der Waals surface area contributed by atoms with Crippen molar-refractivity contribution in [3.63, 3.8) is 0 Å². The topological polar surface area (TPSA) is 0 Å². The lowest BCUT2D eigenvalue weighted by Crippen LogP contribution is -1.82. The first-order valence-electron chi connectivity index (χ1n) is 6.53. The normalized spacial score (nSPS) is 11.0. The van der Waals surface area contributed by atoms with Crippen molar-refractivity contribution in [2.75, 3.05) is 0 Å². The van der Waals surface area contributed by atoms with Crippen LogP contribution in [0.5, 0.6) is 0 Å². The van der Waals surface area contributed by atoms with Crippen LogP contribution in [0.4, 0.5) is 0 Å². The van der Waals surface area contributed by atoms with Crippen LogP contribution in [-0.4, -0.2) is 0 Å². The first kappa shape index (κ1) is 11.9. The zero-order valence-corrected chi connectivity index (χ0v) is 12.4. The Morgan fingerprint density at radius 2 is 1.00 bits per heavy atom. The van der Waals surface area contributed by atoms with Crippen LogP contribution in [0.25, 0.3) is 31.7 Å². The van der Waals surface area contributed by atoms with Crippen LogP contribution in [0.3, 0.4) is 0 Å². The van der Waals surface area contributed by atoms with Gasteiger partial charge in [0, 0.05) is 9.75 Å². The summed E-state index contributed by atoms with van der Waals surface area (Å²) in [7, 11) is 0. The zero-order chi connectivity index (χ0) is 13.4. The van der Waals surface area contributed by atoms with E-state index in [1.165, 1.54) is 31.7 Å². The zero-order valence-electron chi connectivity index (χ0n) is 10.7. The second-order valence-corrected chi connectivity index (χ2v) is 6.56. The average molecular weight is 292 g/mol. The van der Waals surface area contributed by atoms with E-state index in [-0.39, 0.29) is 0 Å². The predicted molar refractivity (Wildman–Crippen MR) is 90.6 cm³/mol. The van der Waals surface area contributed by atoms with E-state index < -0.39 is 0 Å². The van der Waals surface area contributed by atoms with E-state index in [4.69, 9.17) is 0 Å². The molecule has 0 fully saturated rings. The minimum Gasteiger partial charge on any atom is -0.144 e. The fourth-order valence-electron chi connectivity index (χ4n) is 2.59. The molecular formula is C18H12S2. The molecule has 20 heavy (non-hydrogen) atoms. The maximum absolute atomic E-state index is 2.25. The Bertz CT molecular complexity index is 768. The lowest BCUT2D eigenvalue weighted by atomic mass is 9.98. The molecule has 0 saturated carbocycles. The van der Waals surface area contributed by atoms with Gasteiger partial charge in [-0.15, -0.1) is 22.7 Å². The molecule has 0 aliphatic heterocycles. The van der Waals surface area contributed by atoms with E-state index in [0.717, 1.165) is 0 Å². The molecule has 0 spiro atoms. The molecule has 0 N–H and O–H groups in total. The summed E-state index contributed by atoms with van der Waals surface area (Å²) in [5.74, 6) is 0. The molecule has 96 valence electrons. The molecule has 0 unspecified atom stereocenters. The van der Waals surface area contributed by atoms with Gasteiger partial charge in [0.15, 0.2) is 0 Å². The maximum atomic E-state index is 2.25. The molecule has 0 radical (unpaired) electrons. The maximum Gasteiger partial charge on any atom is 0.0348 e. The van der Waals surface area contributed by atoms with Crippen LogP contribution < -0.4 is 0 Å². The van der Waals surface area contributed by atoms with E-state index in [1.807, 2.05) is 0 Å². The Labute approximate surface area is 126 Å². The second kappa shape index (κ2) is 4.89. The summed E-state index contributed by atoms with van der Waals surface area (Å²) in [6, 6.07) is 21.8. The lowest BCUT2D eigenvalue weighted by Gasteiger charge is -2.09. The largest absolute Gasteiger partial charge is 0.144 e. The van der Waals surface area contributed by atoms with Crippen LogP contribution in [-0.2, 0) is 0 Å². The van der Waals surface area contributed by atoms with Gasteiger partial charge in [-0.3, -0.25) is 0 Å². The molecule has 2 heterocycles. The molecule has 4 rings (SSSR count). The van der Waals surface area contributed by atoms with Gasteiger partial charge in [0.25, 0.3) is 0 Å². The van der Waals surface area contributed by atoms with Crippen LogP contribution in [0.2, 0.25) is 0 Å². The second-order valence-electron chi connectivity index (χ2n) is 4.66. The third kappa shape index (κ3) is 1.89. The van der Waals surface area contributed by atoms with Crippen molar-refractivity contribution >= 4 is 33.4 Å². The highest BCUT2D eigenvalue weighted by Crippen LogP contribution is 2.38. The molecule has 0 amide bonds. The molecule has 0 aliphatic carbocycles. The summed E-state index contributed by atoms with van der Waals surface area (Å²) in [6.07, 6.45) is 0. The van der Waals surface area contributed by atoms with Crippen molar-refractivity contribution in [3.8, 4) is 20.9 Å². The van der Waals surface area contributed by atoms with Crippen molar-refractivity contribution in [2.45, 2.75) is 0 Å². The SMILES string of the molecule is c1csc(-c2ccc(-c3cccs3)c3ccccc23)c1. The summed E-state index contributed by atoms with van der Waals surface area (Å²) in [5, 5.41) is 6.94. The highest BCUT2D eigenvalue weighted by molar-refractivity contribution is 7.14. The molecule has 0 atom stereocenters. The van der Waals surface area contributed by atoms with Crippen LogP contribution in [0.15, 0.2) is 71.4 Å². The van der Waals surface area contributed by atoms with Crippen LogP contribution in [0.1, 0.15) is 0 Å². The summed E-state index contributed by atoms with van der Waals surface area (Å²) in [4.78, 5) is 2.66. The van der Waals surface area contributed by atoms with Gasteiger partial charge >= 0.3 is 0 Å². The van der Waals surface area contributed by atoms with Crippen molar-refractivity contribution in [3.05, 3.63) is 71.4 Å². The minimum atomic E-state index is 1.33. The van der Waals surface area contributed by atoms with E-state index in [0.29, 0.717) is 0 Å². The standard InChI is InChI=1S/C18H12S2/c1-2-6-14-13(5-1)15(17-7-3-11-19-17)9-10-16(14)18-8-4-12-20-18/h1-12H. The molecule has 0 bridgehead atoms. The predicted octanol–water partition coefficient (Wildman–Crippen LogP) is 6.30. The van der Waals surface area contributed by atoms with Gasteiger partial charge in [0.05, 0.1) is 0 Å². The molecule has 2 aromatic carbocycles. The molecule has 0 aliphatic rings. The summed E-state index contributed by atoms with van der Waals surface area (Å²) in [5.41, 5.74) is 2.66. The third-order valence-electron chi connectivity index (χ3n) is 3.50. The Morgan fingerprint density at radius 1 is 0.500 bits per heavy atom. The molecule has 4 aromatic rings. The fraction of sp³-hybridized carbons (Fsp3) is 0. The van der Waals surface area contributed by atoms with Gasteiger partial charge in [0.1, 0.15) is 0 Å². The molecule has 2 heteroatoms. The Morgan fingerprint density at radius 3 is 1.40 bits per heavy atom. The van der Waals surface area contributed by atoms with Crippen LogP contribution >= 0.6 is 22.7 Å². The van der Waals surface area contributed by atoms with Gasteiger partial charge in [-0.1, -0.05) is 48.5 Å². The van der Waals surface area contributed by atoms with Gasteiger partial charge < -0.3 is 0 Å². The number of hydrogen-bond donors (Lipinski definition) is 0. The van der Waals surface area contributed by atoms with Crippen LogP contribution in [0, 0.1) is 0 Å². The summed E-state index contributed by atoms with van der Waals surface area (Å²) < 4.78 is 0. The van der Waals surface area contributed by atoms with Gasteiger partial charge in [0.2, 0.25) is 0 Å². The fourth-order valence-corrected chi connectivity index (χ4v) is 4.12. The highest BCUT2D eigenvalue weighted by atomic mass is 32.1. The molecule has 2 aromatic heterocycles. The Kier molecular flexibility index (Phi) is 2.91. The summed E-state index contributed by atoms with van der Waals surface area (Å²) >= 11 is 3.59. The highest BCUT2D eigenvalue weighted by Gasteiger charge is 2.09. The number of thiophene rings is 2. The van der Waals surface area contributed by atoms with Crippen molar-refractivity contribution in [1.29, 1.82) is 0 Å². The van der Waals surface area contributed by atoms with E-state index in [9.17, 15) is 0 Å². The molecule has 0 nitrogen and oxygen atoms in total. The number of benzene rings is 2. The van der Waals surface area contributed by atoms with Crippen molar-refractivity contribution in [1.82, 2.24) is 0 Å². The van der Waals surface area contributed by atoms with Crippen molar-refractivity contribution < 1.29 is 0 Å². The number of rotatable bonds is 2. The Balaban J connectivity index is 2.05. The van der Waals surface area contributed by atoms with Gasteiger partial charge in [-0.2, -0.15) is 0 Å². The molecule has 0 saturated heterocycles. The van der Waals surface area contributed by atoms with E-state index in [1.54, 1.807) is 22.7 Å². The lowest BCUT2D eigenvalue weighted by molar-refractivity contribution is 1.72. The average Bonchev–Trinajstić information content (AvgIpc) is 3.19. The summed E-state index contributed by atoms with van der Waals surface area (Å²) in [6.45, 7) is 0. The number of fused-ring (bicyclic) bond motifs is 1. The quantitative estimate of drug-likeness (QED) is 0.407. The monoisotopic (exact) mass is 292 g/mol. The molecular weight excluding hydrogens is 280 g/mol.